The van der Waals surface area contributed by atoms with Crippen molar-refractivity contribution in [3.63, 3.8) is 0 Å². The molecule has 19 heavy (non-hydrogen) atoms. The Bertz CT molecular complexity index is 480. The molecule has 0 unspecified atom stereocenters. The third kappa shape index (κ3) is 4.01. The first-order valence-corrected chi connectivity index (χ1v) is 7.47. The normalized spacial score (nSPS) is 10.9. The SMILES string of the molecule is CCN(CC)Cc1ccccc1NCc1csnn1. The van der Waals surface area contributed by atoms with Crippen molar-refractivity contribution in [3.05, 3.63) is 40.9 Å². The first-order valence-electron chi connectivity index (χ1n) is 6.63. The number of hydrogen-bond acceptors (Lipinski definition) is 5. The minimum atomic E-state index is 0.728. The van der Waals surface area contributed by atoms with Gasteiger partial charge >= 0.3 is 0 Å². The molecule has 0 amide bonds. The van der Waals surface area contributed by atoms with Gasteiger partial charge in [-0.25, -0.2) is 0 Å². The van der Waals surface area contributed by atoms with Crippen LogP contribution in [0.4, 0.5) is 5.69 Å². The third-order valence-electron chi connectivity index (χ3n) is 3.17. The molecule has 0 fully saturated rings. The highest BCUT2D eigenvalue weighted by atomic mass is 32.1. The molecule has 1 N–H and O–H groups in total. The zero-order valence-electron chi connectivity index (χ0n) is 11.5. The fraction of sp³-hybridized carbons (Fsp3) is 0.429. The zero-order chi connectivity index (χ0) is 13.5. The predicted octanol–water partition coefficient (Wildman–Crippen LogP) is 2.99. The van der Waals surface area contributed by atoms with Gasteiger partial charge in [-0.2, -0.15) is 0 Å². The molecule has 1 heterocycles. The standard InChI is InChI=1S/C14H20N4S/c1-3-18(4-2)10-12-7-5-6-8-14(12)15-9-13-11-19-17-16-13/h5-8,11,15H,3-4,9-10H2,1-2H3. The topological polar surface area (TPSA) is 41.0 Å². The van der Waals surface area contributed by atoms with Gasteiger partial charge in [-0.1, -0.05) is 36.5 Å². The number of nitrogens with one attached hydrogen (secondary N) is 1. The van der Waals surface area contributed by atoms with E-state index in [4.69, 9.17) is 0 Å². The van der Waals surface area contributed by atoms with Gasteiger partial charge in [0.15, 0.2) is 0 Å². The molecule has 0 aliphatic rings. The number of hydrogen-bond donors (Lipinski definition) is 1. The Morgan fingerprint density at radius 2 is 2.00 bits per heavy atom. The van der Waals surface area contributed by atoms with E-state index in [1.165, 1.54) is 22.8 Å². The summed E-state index contributed by atoms with van der Waals surface area (Å²) in [5.74, 6) is 0. The van der Waals surface area contributed by atoms with Gasteiger partial charge in [0.25, 0.3) is 0 Å². The van der Waals surface area contributed by atoms with Crippen molar-refractivity contribution in [2.45, 2.75) is 26.9 Å². The molecule has 2 rings (SSSR count). The van der Waals surface area contributed by atoms with Crippen LogP contribution in [0.15, 0.2) is 29.6 Å². The van der Waals surface area contributed by atoms with E-state index in [9.17, 15) is 0 Å². The van der Waals surface area contributed by atoms with Crippen LogP contribution in [0, 0.1) is 0 Å². The lowest BCUT2D eigenvalue weighted by atomic mass is 10.1. The maximum atomic E-state index is 4.05. The van der Waals surface area contributed by atoms with Crippen molar-refractivity contribution < 1.29 is 0 Å². The Labute approximate surface area is 118 Å². The first-order chi connectivity index (χ1) is 9.33. The number of benzene rings is 1. The highest BCUT2D eigenvalue weighted by Gasteiger charge is 2.06. The summed E-state index contributed by atoms with van der Waals surface area (Å²) < 4.78 is 3.88. The van der Waals surface area contributed by atoms with Crippen molar-refractivity contribution in [3.8, 4) is 0 Å². The van der Waals surface area contributed by atoms with Crippen LogP contribution < -0.4 is 5.32 Å². The number of rotatable bonds is 7. The lowest BCUT2D eigenvalue weighted by Gasteiger charge is -2.20. The molecular formula is C14H20N4S. The van der Waals surface area contributed by atoms with E-state index in [0.717, 1.165) is 31.9 Å². The van der Waals surface area contributed by atoms with Crippen molar-refractivity contribution in [2.24, 2.45) is 0 Å². The van der Waals surface area contributed by atoms with E-state index in [2.05, 4.69) is 57.9 Å². The van der Waals surface area contributed by atoms with Gasteiger partial charge in [0.2, 0.25) is 0 Å². The Balaban J connectivity index is 2.03. The summed E-state index contributed by atoms with van der Waals surface area (Å²) in [6.45, 7) is 8.24. The number of nitrogens with zero attached hydrogens (tertiary/aromatic N) is 3. The minimum absolute atomic E-state index is 0.728. The predicted molar refractivity (Wildman–Crippen MR) is 80.3 cm³/mol. The monoisotopic (exact) mass is 276 g/mol. The smallest absolute Gasteiger partial charge is 0.0946 e. The molecule has 1 aromatic heterocycles. The summed E-state index contributed by atoms with van der Waals surface area (Å²) in [5, 5.41) is 9.47. The molecule has 102 valence electrons. The van der Waals surface area contributed by atoms with Gasteiger partial charge in [-0.15, -0.1) is 5.10 Å². The fourth-order valence-electron chi connectivity index (χ4n) is 1.97. The lowest BCUT2D eigenvalue weighted by molar-refractivity contribution is 0.296. The summed E-state index contributed by atoms with van der Waals surface area (Å²) in [6.07, 6.45) is 0. The maximum absolute atomic E-state index is 4.05. The average molecular weight is 276 g/mol. The maximum Gasteiger partial charge on any atom is 0.0946 e. The van der Waals surface area contributed by atoms with Gasteiger partial charge in [-0.05, 0) is 36.3 Å². The number of aromatic nitrogens is 2. The van der Waals surface area contributed by atoms with E-state index in [-0.39, 0.29) is 0 Å². The highest BCUT2D eigenvalue weighted by molar-refractivity contribution is 7.03. The second-order valence-corrected chi connectivity index (χ2v) is 4.98. The third-order valence-corrected chi connectivity index (χ3v) is 3.72. The molecule has 0 saturated heterocycles. The van der Waals surface area contributed by atoms with Crippen LogP contribution in [0.3, 0.4) is 0 Å². The molecule has 4 nitrogen and oxygen atoms in total. The Hall–Kier alpha value is -1.46. The van der Waals surface area contributed by atoms with Gasteiger partial charge < -0.3 is 5.32 Å². The summed E-state index contributed by atoms with van der Waals surface area (Å²) in [5.41, 5.74) is 3.50. The van der Waals surface area contributed by atoms with Crippen molar-refractivity contribution in [1.82, 2.24) is 14.5 Å². The molecule has 1 aromatic carbocycles. The van der Waals surface area contributed by atoms with Crippen molar-refractivity contribution in [1.29, 1.82) is 0 Å². The Morgan fingerprint density at radius 1 is 1.21 bits per heavy atom. The van der Waals surface area contributed by atoms with Gasteiger partial charge in [0, 0.05) is 17.6 Å². The molecule has 2 aromatic rings. The van der Waals surface area contributed by atoms with Crippen LogP contribution in [-0.4, -0.2) is 27.6 Å². The average Bonchev–Trinajstić information content (AvgIpc) is 2.97. The molecule has 0 bridgehead atoms. The number of para-hydroxylation sites is 1. The largest absolute Gasteiger partial charge is 0.379 e. The molecule has 0 spiro atoms. The molecule has 0 radical (unpaired) electrons. The molecule has 0 aliphatic carbocycles. The van der Waals surface area contributed by atoms with Crippen molar-refractivity contribution >= 4 is 17.2 Å². The van der Waals surface area contributed by atoms with E-state index in [0.29, 0.717) is 0 Å². The van der Waals surface area contributed by atoms with E-state index >= 15 is 0 Å². The molecule has 0 saturated carbocycles. The molecule has 0 atom stereocenters. The van der Waals surface area contributed by atoms with Crippen molar-refractivity contribution in [2.75, 3.05) is 18.4 Å². The fourth-order valence-corrected chi connectivity index (χ4v) is 2.42. The van der Waals surface area contributed by atoms with E-state index < -0.39 is 0 Å². The Kier molecular flexibility index (Phi) is 5.30. The van der Waals surface area contributed by atoms with Crippen LogP contribution in [0.1, 0.15) is 25.1 Å². The summed E-state index contributed by atoms with van der Waals surface area (Å²) in [4.78, 5) is 2.41. The van der Waals surface area contributed by atoms with Crippen LogP contribution in [0.25, 0.3) is 0 Å². The Morgan fingerprint density at radius 3 is 2.68 bits per heavy atom. The van der Waals surface area contributed by atoms with Gasteiger partial charge in [-0.3, -0.25) is 4.90 Å². The first kappa shape index (κ1) is 14.0. The molecule has 5 heteroatoms. The summed E-state index contributed by atoms with van der Waals surface area (Å²) in [7, 11) is 0. The van der Waals surface area contributed by atoms with Gasteiger partial charge in [0.05, 0.1) is 12.2 Å². The number of anilines is 1. The minimum Gasteiger partial charge on any atom is -0.379 e. The van der Waals surface area contributed by atoms with E-state index in [1.54, 1.807) is 0 Å². The summed E-state index contributed by atoms with van der Waals surface area (Å²) >= 11 is 1.39. The van der Waals surface area contributed by atoms with Crippen LogP contribution >= 0.6 is 11.5 Å². The van der Waals surface area contributed by atoms with Crippen LogP contribution in [0.5, 0.6) is 0 Å². The lowest BCUT2D eigenvalue weighted by Crippen LogP contribution is -2.22. The molecular weight excluding hydrogens is 256 g/mol. The molecule has 0 aliphatic heterocycles. The zero-order valence-corrected chi connectivity index (χ0v) is 12.3. The second-order valence-electron chi connectivity index (χ2n) is 4.37. The summed E-state index contributed by atoms with van der Waals surface area (Å²) in [6, 6.07) is 8.46. The highest BCUT2D eigenvalue weighted by Crippen LogP contribution is 2.18. The van der Waals surface area contributed by atoms with Gasteiger partial charge in [0.1, 0.15) is 0 Å². The van der Waals surface area contributed by atoms with Crippen LogP contribution in [0.2, 0.25) is 0 Å². The quantitative estimate of drug-likeness (QED) is 0.844. The second kappa shape index (κ2) is 7.21. The van der Waals surface area contributed by atoms with Crippen LogP contribution in [-0.2, 0) is 13.1 Å². The van der Waals surface area contributed by atoms with E-state index in [1.807, 2.05) is 5.38 Å².